The second-order valence-corrected chi connectivity index (χ2v) is 18.6. The first-order valence-corrected chi connectivity index (χ1v) is 24.1. The Morgan fingerprint density at radius 1 is 0.290 bits per heavy atom. The zero-order chi connectivity index (χ0) is 45.4. The van der Waals surface area contributed by atoms with E-state index in [1.54, 1.807) is 0 Å². The lowest BCUT2D eigenvalue weighted by Gasteiger charge is -2.10. The summed E-state index contributed by atoms with van der Waals surface area (Å²) in [6, 6.07) is 84.6. The summed E-state index contributed by atoms with van der Waals surface area (Å²) in [4.78, 5) is 15.3. The van der Waals surface area contributed by atoms with Crippen LogP contribution in [0.15, 0.2) is 237 Å². The molecular formula is C63H39N5S. The molecule has 0 fully saturated rings. The van der Waals surface area contributed by atoms with Crippen LogP contribution in [-0.2, 0) is 0 Å². The molecule has 0 aliphatic carbocycles. The van der Waals surface area contributed by atoms with Gasteiger partial charge in [-0.2, -0.15) is 0 Å². The van der Waals surface area contributed by atoms with Crippen LogP contribution < -0.4 is 0 Å². The molecule has 0 amide bonds. The van der Waals surface area contributed by atoms with Crippen molar-refractivity contribution in [2.24, 2.45) is 0 Å². The van der Waals surface area contributed by atoms with Gasteiger partial charge in [-0.05, 0) is 95.1 Å². The first kappa shape index (κ1) is 39.2. The van der Waals surface area contributed by atoms with Crippen molar-refractivity contribution in [1.82, 2.24) is 24.1 Å². The summed E-state index contributed by atoms with van der Waals surface area (Å²) in [6.45, 7) is 0. The number of hydrogen-bond acceptors (Lipinski definition) is 4. The minimum Gasteiger partial charge on any atom is -0.309 e. The largest absolute Gasteiger partial charge is 0.309 e. The van der Waals surface area contributed by atoms with Crippen LogP contribution in [0, 0.1) is 0 Å². The zero-order valence-electron chi connectivity index (χ0n) is 37.2. The number of hydrogen-bond donors (Lipinski definition) is 0. The molecule has 10 aromatic carbocycles. The molecule has 14 rings (SSSR count). The standard InChI is InChI=1S/C63H39N5S/c1-5-17-40(18-6-1)61-64-62(41-19-7-2-8-20-41)66-63(65-61)50-28-16-30-58-59(50)49-27-15-26-47(60(49)69-58)44-33-36-57-53(39-44)52-38-43(32-35-56(52)68(57)46-23-11-4-12-24-46)42-31-34-55-51(37-42)48-25-13-14-29-54(48)67(55)45-21-9-3-10-22-45/h1-39H. The SMILES string of the molecule is c1ccc(-c2nc(-c3ccccc3)nc(-c3cccc4sc5c(-c6ccc7c(c6)c6cc(-c8ccc9c(c8)c8ccccc8n9-c8ccccc8)ccc6n7-c6ccccc6)cccc5c34)n2)cc1. The summed E-state index contributed by atoms with van der Waals surface area (Å²) in [7, 11) is 0. The van der Waals surface area contributed by atoms with Crippen LogP contribution in [0.5, 0.6) is 0 Å². The maximum Gasteiger partial charge on any atom is 0.164 e. The first-order chi connectivity index (χ1) is 34.2. The molecule has 4 aromatic heterocycles. The Morgan fingerprint density at radius 2 is 0.725 bits per heavy atom. The third-order valence-corrected chi connectivity index (χ3v) is 14.8. The second kappa shape index (κ2) is 15.8. The van der Waals surface area contributed by atoms with E-state index in [2.05, 4.69) is 209 Å². The van der Waals surface area contributed by atoms with Crippen molar-refractivity contribution in [3.63, 3.8) is 0 Å². The average molecular weight is 898 g/mol. The highest BCUT2D eigenvalue weighted by atomic mass is 32.1. The van der Waals surface area contributed by atoms with Crippen LogP contribution in [0.3, 0.4) is 0 Å². The lowest BCUT2D eigenvalue weighted by Crippen LogP contribution is -2.00. The maximum atomic E-state index is 5.16. The molecule has 5 nitrogen and oxygen atoms in total. The van der Waals surface area contributed by atoms with E-state index >= 15 is 0 Å². The Kier molecular flexibility index (Phi) is 9.00. The minimum absolute atomic E-state index is 0.652. The molecule has 14 aromatic rings. The summed E-state index contributed by atoms with van der Waals surface area (Å²) in [5.41, 5.74) is 14.7. The Balaban J connectivity index is 0.940. The number of fused-ring (bicyclic) bond motifs is 9. The molecule has 0 bridgehead atoms. The summed E-state index contributed by atoms with van der Waals surface area (Å²) in [6.07, 6.45) is 0. The van der Waals surface area contributed by atoms with E-state index in [1.165, 1.54) is 80.7 Å². The Bertz CT molecular complexity index is 4230. The predicted molar refractivity (Wildman–Crippen MR) is 289 cm³/mol. The number of nitrogens with zero attached hydrogens (tertiary/aromatic N) is 5. The average Bonchev–Trinajstić information content (AvgIpc) is 4.09. The van der Waals surface area contributed by atoms with Crippen LogP contribution in [0.25, 0.3) is 132 Å². The molecule has 0 unspecified atom stereocenters. The van der Waals surface area contributed by atoms with Gasteiger partial charge in [0.15, 0.2) is 17.5 Å². The van der Waals surface area contributed by atoms with E-state index < -0.39 is 0 Å². The van der Waals surface area contributed by atoms with E-state index in [1.807, 2.05) is 47.7 Å². The van der Waals surface area contributed by atoms with Gasteiger partial charge in [0.1, 0.15) is 0 Å². The molecule has 0 spiro atoms. The lowest BCUT2D eigenvalue weighted by molar-refractivity contribution is 1.08. The third kappa shape index (κ3) is 6.41. The summed E-state index contributed by atoms with van der Waals surface area (Å²) in [5.74, 6) is 1.96. The van der Waals surface area contributed by atoms with Gasteiger partial charge >= 0.3 is 0 Å². The van der Waals surface area contributed by atoms with E-state index in [9.17, 15) is 0 Å². The van der Waals surface area contributed by atoms with Gasteiger partial charge in [-0.25, -0.2) is 15.0 Å². The van der Waals surface area contributed by atoms with Gasteiger partial charge in [0.2, 0.25) is 0 Å². The van der Waals surface area contributed by atoms with Crippen LogP contribution in [0.1, 0.15) is 0 Å². The zero-order valence-corrected chi connectivity index (χ0v) is 38.0. The molecule has 0 aliphatic rings. The first-order valence-electron chi connectivity index (χ1n) is 23.3. The third-order valence-electron chi connectivity index (χ3n) is 13.6. The van der Waals surface area contributed by atoms with Gasteiger partial charge in [-0.1, -0.05) is 164 Å². The number of rotatable bonds is 7. The molecule has 0 aliphatic heterocycles. The number of aromatic nitrogens is 5. The highest BCUT2D eigenvalue weighted by Crippen LogP contribution is 2.45. The molecule has 0 N–H and O–H groups in total. The van der Waals surface area contributed by atoms with Crippen LogP contribution in [-0.4, -0.2) is 24.1 Å². The number of thiophene rings is 1. The molecule has 0 radical (unpaired) electrons. The Labute approximate surface area is 401 Å². The van der Waals surface area contributed by atoms with Crippen LogP contribution >= 0.6 is 11.3 Å². The molecule has 0 saturated heterocycles. The molecule has 6 heteroatoms. The normalized spacial score (nSPS) is 11.8. The van der Waals surface area contributed by atoms with Gasteiger partial charge in [0.25, 0.3) is 0 Å². The smallest absolute Gasteiger partial charge is 0.164 e. The van der Waals surface area contributed by atoms with Crippen molar-refractivity contribution in [2.75, 3.05) is 0 Å². The summed E-state index contributed by atoms with van der Waals surface area (Å²) >= 11 is 1.83. The highest BCUT2D eigenvalue weighted by molar-refractivity contribution is 7.26. The van der Waals surface area contributed by atoms with Crippen molar-refractivity contribution in [2.45, 2.75) is 0 Å². The topological polar surface area (TPSA) is 48.5 Å². The van der Waals surface area contributed by atoms with E-state index in [0.29, 0.717) is 17.5 Å². The lowest BCUT2D eigenvalue weighted by atomic mass is 9.98. The molecular weight excluding hydrogens is 859 g/mol. The molecule has 0 atom stereocenters. The van der Waals surface area contributed by atoms with E-state index in [-0.39, 0.29) is 0 Å². The highest BCUT2D eigenvalue weighted by Gasteiger charge is 2.21. The van der Waals surface area contributed by atoms with Gasteiger partial charge < -0.3 is 9.13 Å². The summed E-state index contributed by atoms with van der Waals surface area (Å²) in [5, 5.41) is 7.24. The van der Waals surface area contributed by atoms with Crippen LogP contribution in [0.4, 0.5) is 0 Å². The maximum absolute atomic E-state index is 5.16. The summed E-state index contributed by atoms with van der Waals surface area (Å²) < 4.78 is 7.20. The fourth-order valence-corrected chi connectivity index (χ4v) is 11.7. The van der Waals surface area contributed by atoms with Crippen molar-refractivity contribution in [1.29, 1.82) is 0 Å². The molecule has 0 saturated carbocycles. The van der Waals surface area contributed by atoms with Crippen LogP contribution in [0.2, 0.25) is 0 Å². The van der Waals surface area contributed by atoms with Gasteiger partial charge in [0, 0.05) is 69.8 Å². The molecule has 69 heavy (non-hydrogen) atoms. The quantitative estimate of drug-likeness (QED) is 0.160. The van der Waals surface area contributed by atoms with Crippen molar-refractivity contribution >= 4 is 75.1 Å². The fraction of sp³-hybridized carbons (Fsp3) is 0. The Morgan fingerprint density at radius 3 is 1.32 bits per heavy atom. The fourth-order valence-electron chi connectivity index (χ4n) is 10.4. The molecule has 322 valence electrons. The van der Waals surface area contributed by atoms with E-state index in [4.69, 9.17) is 15.0 Å². The van der Waals surface area contributed by atoms with Crippen molar-refractivity contribution < 1.29 is 0 Å². The van der Waals surface area contributed by atoms with Gasteiger partial charge in [-0.15, -0.1) is 11.3 Å². The Hall–Kier alpha value is -8.97. The van der Waals surface area contributed by atoms with Gasteiger partial charge in [-0.3, -0.25) is 0 Å². The monoisotopic (exact) mass is 897 g/mol. The molecule has 4 heterocycles. The second-order valence-electron chi connectivity index (χ2n) is 17.6. The van der Waals surface area contributed by atoms with Crippen molar-refractivity contribution in [3.8, 4) is 67.8 Å². The number of para-hydroxylation sites is 3. The predicted octanol–water partition coefficient (Wildman–Crippen LogP) is 16.8. The van der Waals surface area contributed by atoms with Gasteiger partial charge in [0.05, 0.1) is 22.1 Å². The number of benzene rings is 10. The van der Waals surface area contributed by atoms with E-state index in [0.717, 1.165) is 33.5 Å². The van der Waals surface area contributed by atoms with Crippen molar-refractivity contribution in [3.05, 3.63) is 237 Å². The minimum atomic E-state index is 0.652.